The first kappa shape index (κ1) is 15.1. The molecule has 0 radical (unpaired) electrons. The Balaban J connectivity index is 1.58. The van der Waals surface area contributed by atoms with Gasteiger partial charge >= 0.3 is 0 Å². The third-order valence-electron chi connectivity index (χ3n) is 3.66. The molecule has 0 fully saturated rings. The average Bonchev–Trinajstić information content (AvgIpc) is 3.09. The maximum Gasteiger partial charge on any atom is 0.124 e. The molecule has 116 valence electrons. The van der Waals surface area contributed by atoms with Crippen molar-refractivity contribution in [2.45, 2.75) is 0 Å². The van der Waals surface area contributed by atoms with E-state index in [2.05, 4.69) is 22.1 Å². The number of hydrogen-bond donors (Lipinski definition) is 0. The highest BCUT2D eigenvalue weighted by Crippen LogP contribution is 2.25. The number of nitrogens with zero attached hydrogens (tertiary/aromatic N) is 2. The molecule has 4 aromatic rings. The van der Waals surface area contributed by atoms with Crippen molar-refractivity contribution >= 4 is 46.0 Å². The Bertz CT molecular complexity index is 1020. The van der Waals surface area contributed by atoms with Crippen molar-refractivity contribution in [3.05, 3.63) is 82.5 Å². The van der Waals surface area contributed by atoms with E-state index in [0.717, 1.165) is 37.9 Å². The molecule has 0 aliphatic heterocycles. The first-order chi connectivity index (χ1) is 11.8. The van der Waals surface area contributed by atoms with Crippen LogP contribution < -0.4 is 0 Å². The van der Waals surface area contributed by atoms with Crippen LogP contribution in [0.2, 0.25) is 5.02 Å². The Morgan fingerprint density at radius 1 is 0.792 bits per heavy atom. The van der Waals surface area contributed by atoms with Gasteiger partial charge in [-0.2, -0.15) is 0 Å². The van der Waals surface area contributed by atoms with Crippen LogP contribution in [0.1, 0.15) is 11.4 Å². The number of fused-ring (bicyclic) bond motifs is 1. The lowest BCUT2D eigenvalue weighted by Crippen LogP contribution is -1.82. The lowest BCUT2D eigenvalue weighted by Gasteiger charge is -1.98. The summed E-state index contributed by atoms with van der Waals surface area (Å²) < 4.78 is 0. The molecule has 0 N–H and O–H groups in total. The summed E-state index contributed by atoms with van der Waals surface area (Å²) in [5.41, 5.74) is 3.93. The first-order valence-corrected chi connectivity index (χ1v) is 8.79. The zero-order valence-electron chi connectivity index (χ0n) is 12.7. The van der Waals surface area contributed by atoms with Crippen molar-refractivity contribution in [1.82, 2.24) is 9.97 Å². The minimum atomic E-state index is 0.734. The lowest BCUT2D eigenvalue weighted by molar-refractivity contribution is 1.36. The monoisotopic (exact) mass is 348 g/mol. The Labute approximate surface area is 149 Å². The highest BCUT2D eigenvalue weighted by atomic mass is 35.5. The van der Waals surface area contributed by atoms with Gasteiger partial charge < -0.3 is 0 Å². The molecule has 2 aromatic carbocycles. The number of benzene rings is 2. The van der Waals surface area contributed by atoms with Gasteiger partial charge in [0.2, 0.25) is 0 Å². The van der Waals surface area contributed by atoms with Crippen LogP contribution in [-0.4, -0.2) is 9.97 Å². The van der Waals surface area contributed by atoms with E-state index in [9.17, 15) is 0 Å². The van der Waals surface area contributed by atoms with Gasteiger partial charge in [-0.05, 0) is 36.4 Å². The topological polar surface area (TPSA) is 25.8 Å². The van der Waals surface area contributed by atoms with Crippen LogP contribution in [0.5, 0.6) is 0 Å². The highest BCUT2D eigenvalue weighted by Gasteiger charge is 2.03. The van der Waals surface area contributed by atoms with Crippen LogP contribution in [0.4, 0.5) is 0 Å². The summed E-state index contributed by atoms with van der Waals surface area (Å²) in [6, 6.07) is 19.9. The molecule has 2 aromatic heterocycles. The largest absolute Gasteiger partial charge is 0.248 e. The Kier molecular flexibility index (Phi) is 4.11. The van der Waals surface area contributed by atoms with E-state index < -0.39 is 0 Å². The molecule has 0 spiro atoms. The number of thiazole rings is 1. The second-order valence-electron chi connectivity index (χ2n) is 5.35. The molecular formula is C20H13ClN2S. The SMILES string of the molecule is Clc1ccc(-c2nc(/C=C/c3ccc4ccccc4n3)cs2)cc1. The molecule has 0 aliphatic carbocycles. The summed E-state index contributed by atoms with van der Waals surface area (Å²) in [7, 11) is 0. The number of halogens is 1. The van der Waals surface area contributed by atoms with E-state index in [-0.39, 0.29) is 0 Å². The van der Waals surface area contributed by atoms with Crippen LogP contribution >= 0.6 is 22.9 Å². The molecule has 0 bridgehead atoms. The number of rotatable bonds is 3. The molecule has 4 rings (SSSR count). The fourth-order valence-corrected chi connectivity index (χ4v) is 3.35. The van der Waals surface area contributed by atoms with Crippen molar-refractivity contribution in [2.75, 3.05) is 0 Å². The quantitative estimate of drug-likeness (QED) is 0.441. The molecule has 0 amide bonds. The van der Waals surface area contributed by atoms with Gasteiger partial charge in [-0.25, -0.2) is 9.97 Å². The predicted molar refractivity (Wildman–Crippen MR) is 103 cm³/mol. The van der Waals surface area contributed by atoms with Crippen LogP contribution in [0.25, 0.3) is 33.6 Å². The van der Waals surface area contributed by atoms with Gasteiger partial charge in [-0.3, -0.25) is 0 Å². The van der Waals surface area contributed by atoms with Gasteiger partial charge in [-0.1, -0.05) is 48.0 Å². The van der Waals surface area contributed by atoms with E-state index in [4.69, 9.17) is 11.6 Å². The van der Waals surface area contributed by atoms with E-state index >= 15 is 0 Å². The molecule has 0 atom stereocenters. The van der Waals surface area contributed by atoms with Crippen molar-refractivity contribution in [3.63, 3.8) is 0 Å². The maximum atomic E-state index is 5.93. The van der Waals surface area contributed by atoms with Crippen LogP contribution in [0.3, 0.4) is 0 Å². The Morgan fingerprint density at radius 3 is 2.46 bits per heavy atom. The average molecular weight is 349 g/mol. The first-order valence-electron chi connectivity index (χ1n) is 7.53. The number of pyridine rings is 1. The van der Waals surface area contributed by atoms with Gasteiger partial charge in [0.25, 0.3) is 0 Å². The molecular weight excluding hydrogens is 336 g/mol. The predicted octanol–water partition coefficient (Wildman–Crippen LogP) is 6.18. The van der Waals surface area contributed by atoms with Crippen LogP contribution in [-0.2, 0) is 0 Å². The zero-order chi connectivity index (χ0) is 16.4. The summed E-state index contributed by atoms with van der Waals surface area (Å²) in [5, 5.41) is 4.91. The van der Waals surface area contributed by atoms with Crippen molar-refractivity contribution < 1.29 is 0 Å². The molecule has 0 unspecified atom stereocenters. The Morgan fingerprint density at radius 2 is 1.58 bits per heavy atom. The smallest absolute Gasteiger partial charge is 0.124 e. The molecule has 4 heteroatoms. The van der Waals surface area contributed by atoms with Gasteiger partial charge in [0, 0.05) is 21.4 Å². The van der Waals surface area contributed by atoms with Gasteiger partial charge in [0.1, 0.15) is 5.01 Å². The van der Waals surface area contributed by atoms with Crippen molar-refractivity contribution in [2.24, 2.45) is 0 Å². The van der Waals surface area contributed by atoms with Crippen molar-refractivity contribution in [3.8, 4) is 10.6 Å². The summed E-state index contributed by atoms with van der Waals surface area (Å²) in [5.74, 6) is 0. The van der Waals surface area contributed by atoms with Gasteiger partial charge in [0.05, 0.1) is 16.9 Å². The van der Waals surface area contributed by atoms with Gasteiger partial charge in [-0.15, -0.1) is 11.3 Å². The molecule has 0 saturated carbocycles. The Hall–Kier alpha value is -2.49. The fourth-order valence-electron chi connectivity index (χ4n) is 2.43. The second-order valence-corrected chi connectivity index (χ2v) is 6.64. The third-order valence-corrected chi connectivity index (χ3v) is 4.82. The lowest BCUT2D eigenvalue weighted by atomic mass is 10.2. The number of aromatic nitrogens is 2. The standard InChI is InChI=1S/C20H13ClN2S/c21-16-8-5-15(6-9-16)20-23-18(13-24-20)12-11-17-10-7-14-3-1-2-4-19(14)22-17/h1-13H/b12-11+. The van der Waals surface area contributed by atoms with E-state index in [1.165, 1.54) is 0 Å². The van der Waals surface area contributed by atoms with Crippen LogP contribution in [0.15, 0.2) is 66.0 Å². The maximum absolute atomic E-state index is 5.93. The second kappa shape index (κ2) is 6.56. The molecule has 24 heavy (non-hydrogen) atoms. The molecule has 0 aliphatic rings. The van der Waals surface area contributed by atoms with Gasteiger partial charge in [0.15, 0.2) is 0 Å². The van der Waals surface area contributed by atoms with E-state index in [0.29, 0.717) is 0 Å². The molecule has 2 nitrogen and oxygen atoms in total. The fraction of sp³-hybridized carbons (Fsp3) is 0. The van der Waals surface area contributed by atoms with E-state index in [1.807, 2.05) is 66.1 Å². The summed E-state index contributed by atoms with van der Waals surface area (Å²) >= 11 is 7.55. The molecule has 2 heterocycles. The summed E-state index contributed by atoms with van der Waals surface area (Å²) in [6.45, 7) is 0. The third kappa shape index (κ3) is 3.23. The highest BCUT2D eigenvalue weighted by molar-refractivity contribution is 7.13. The number of para-hydroxylation sites is 1. The molecule has 0 saturated heterocycles. The summed E-state index contributed by atoms with van der Waals surface area (Å²) in [4.78, 5) is 9.29. The summed E-state index contributed by atoms with van der Waals surface area (Å²) in [6.07, 6.45) is 3.99. The zero-order valence-corrected chi connectivity index (χ0v) is 14.3. The number of hydrogen-bond acceptors (Lipinski definition) is 3. The normalized spacial score (nSPS) is 11.4. The van der Waals surface area contributed by atoms with Crippen molar-refractivity contribution in [1.29, 1.82) is 0 Å². The van der Waals surface area contributed by atoms with Crippen LogP contribution in [0, 0.1) is 0 Å². The minimum Gasteiger partial charge on any atom is -0.248 e. The minimum absolute atomic E-state index is 0.734. The van der Waals surface area contributed by atoms with E-state index in [1.54, 1.807) is 11.3 Å².